The number of nitrogens with zero attached hydrogens (tertiary/aromatic N) is 1. The number of rotatable bonds is 15. The quantitative estimate of drug-likeness (QED) is 0.129. The average Bonchev–Trinajstić information content (AvgIpc) is 3.40. The van der Waals surface area contributed by atoms with Gasteiger partial charge in [-0.2, -0.15) is 0 Å². The monoisotopic (exact) mass is 521 g/mol. The summed E-state index contributed by atoms with van der Waals surface area (Å²) in [5.74, 6) is 1.98. The summed E-state index contributed by atoms with van der Waals surface area (Å²) in [4.78, 5) is 15.1. The smallest absolute Gasteiger partial charge is 0.410 e. The van der Waals surface area contributed by atoms with E-state index >= 15 is 0 Å². The van der Waals surface area contributed by atoms with Gasteiger partial charge < -0.3 is 23.8 Å². The zero-order valence-electron chi connectivity index (χ0n) is 19.5. The Morgan fingerprint density at radius 2 is 1.88 bits per heavy atom. The minimum atomic E-state index is -0.334. The van der Waals surface area contributed by atoms with Crippen LogP contribution in [0.5, 0.6) is 5.75 Å². The number of carbonyl (C=O) groups excluding carboxylic acids is 1. The second kappa shape index (κ2) is 15.2. The molecular formula is C25H31NO5S3. The van der Waals surface area contributed by atoms with E-state index < -0.39 is 0 Å². The number of carbonyl (C=O) groups is 1. The topological polar surface area (TPSA) is 57.2 Å². The first-order chi connectivity index (χ1) is 16.7. The summed E-state index contributed by atoms with van der Waals surface area (Å²) in [5, 5.41) is 4.27. The molecule has 0 fully saturated rings. The molecular weight excluding hydrogens is 490 g/mol. The summed E-state index contributed by atoms with van der Waals surface area (Å²) in [7, 11) is 6.53. The van der Waals surface area contributed by atoms with E-state index in [1.54, 1.807) is 41.2 Å². The Bertz CT molecular complexity index is 980. The van der Waals surface area contributed by atoms with Crippen LogP contribution in [0.2, 0.25) is 0 Å². The molecule has 0 radical (unpaired) electrons. The Kier molecular flexibility index (Phi) is 11.9. The van der Waals surface area contributed by atoms with Crippen molar-refractivity contribution >= 4 is 49.8 Å². The molecule has 6 nitrogen and oxygen atoms in total. The molecule has 2 aromatic carbocycles. The Balaban J connectivity index is 1.44. The molecule has 3 aromatic rings. The van der Waals surface area contributed by atoms with Crippen molar-refractivity contribution in [2.24, 2.45) is 0 Å². The van der Waals surface area contributed by atoms with E-state index in [1.165, 1.54) is 10.8 Å². The number of benzene rings is 2. The first kappa shape index (κ1) is 26.7. The van der Waals surface area contributed by atoms with Gasteiger partial charge in [0.2, 0.25) is 0 Å². The lowest BCUT2D eigenvalue weighted by atomic mass is 10.1. The predicted molar refractivity (Wildman–Crippen MR) is 143 cm³/mol. The van der Waals surface area contributed by atoms with Crippen molar-refractivity contribution in [2.45, 2.75) is 12.5 Å². The van der Waals surface area contributed by atoms with E-state index in [0.29, 0.717) is 38.7 Å². The molecule has 184 valence electrons. The van der Waals surface area contributed by atoms with Gasteiger partial charge in [0, 0.05) is 43.1 Å². The SMILES string of the molecule is COCCOCCSSCOC(=O)N(C)CCC(Oc1cccc2ccccc12)c1cccs1. The zero-order chi connectivity index (χ0) is 24.0. The molecule has 9 heteroatoms. The first-order valence-corrected chi connectivity index (χ1v) is 14.4. The number of methoxy groups -OCH3 is 1. The normalized spacial score (nSPS) is 11.9. The highest BCUT2D eigenvalue weighted by Crippen LogP contribution is 2.33. The van der Waals surface area contributed by atoms with Gasteiger partial charge in [0.1, 0.15) is 17.8 Å². The van der Waals surface area contributed by atoms with E-state index in [-0.39, 0.29) is 12.2 Å². The fourth-order valence-corrected chi connectivity index (χ4v) is 5.42. The fraction of sp³-hybridized carbons (Fsp3) is 0.400. The van der Waals surface area contributed by atoms with Crippen LogP contribution in [0.15, 0.2) is 60.0 Å². The summed E-state index contributed by atoms with van der Waals surface area (Å²) < 4.78 is 22.2. The van der Waals surface area contributed by atoms with Gasteiger partial charge in [-0.25, -0.2) is 4.79 Å². The number of ether oxygens (including phenoxy) is 4. The summed E-state index contributed by atoms with van der Waals surface area (Å²) in [6, 6.07) is 18.4. The lowest BCUT2D eigenvalue weighted by Gasteiger charge is -2.23. The van der Waals surface area contributed by atoms with Gasteiger partial charge in [-0.1, -0.05) is 64.1 Å². The Morgan fingerprint density at radius 1 is 1.03 bits per heavy atom. The second-order valence-corrected chi connectivity index (χ2v) is 10.9. The average molecular weight is 522 g/mol. The summed E-state index contributed by atoms with van der Waals surface area (Å²) >= 11 is 1.66. The molecule has 1 amide bonds. The molecule has 0 aliphatic carbocycles. The maximum absolute atomic E-state index is 12.4. The molecule has 1 aromatic heterocycles. The molecule has 0 N–H and O–H groups in total. The third-order valence-electron chi connectivity index (χ3n) is 4.97. The van der Waals surface area contributed by atoms with Crippen LogP contribution < -0.4 is 4.74 Å². The van der Waals surface area contributed by atoms with Crippen LogP contribution >= 0.6 is 32.9 Å². The van der Waals surface area contributed by atoms with Crippen LogP contribution in [0.1, 0.15) is 17.4 Å². The number of hydrogen-bond acceptors (Lipinski definition) is 8. The van der Waals surface area contributed by atoms with Gasteiger partial charge in [-0.05, 0) is 22.9 Å². The minimum Gasteiger partial charge on any atom is -0.484 e. The van der Waals surface area contributed by atoms with Gasteiger partial charge in [0.25, 0.3) is 0 Å². The number of hydrogen-bond donors (Lipinski definition) is 0. The lowest BCUT2D eigenvalue weighted by molar-refractivity contribution is 0.0791. The maximum Gasteiger partial charge on any atom is 0.410 e. The van der Waals surface area contributed by atoms with Crippen molar-refractivity contribution < 1.29 is 23.7 Å². The number of fused-ring (bicyclic) bond motifs is 1. The van der Waals surface area contributed by atoms with Gasteiger partial charge in [0.15, 0.2) is 0 Å². The molecule has 0 saturated heterocycles. The summed E-state index contributed by atoms with van der Waals surface area (Å²) in [6.07, 6.45) is 0.180. The predicted octanol–water partition coefficient (Wildman–Crippen LogP) is 6.48. The van der Waals surface area contributed by atoms with Crippen LogP contribution in [0.25, 0.3) is 10.8 Å². The van der Waals surface area contributed by atoms with Crippen LogP contribution in [-0.2, 0) is 14.2 Å². The zero-order valence-corrected chi connectivity index (χ0v) is 22.0. The van der Waals surface area contributed by atoms with Crippen molar-refractivity contribution in [3.63, 3.8) is 0 Å². The Morgan fingerprint density at radius 3 is 2.71 bits per heavy atom. The molecule has 0 bridgehead atoms. The van der Waals surface area contributed by atoms with E-state index in [4.69, 9.17) is 18.9 Å². The van der Waals surface area contributed by atoms with Gasteiger partial charge in [0.05, 0.1) is 19.8 Å². The highest BCUT2D eigenvalue weighted by Gasteiger charge is 2.19. The van der Waals surface area contributed by atoms with Gasteiger partial charge in [-0.15, -0.1) is 11.3 Å². The van der Waals surface area contributed by atoms with Crippen molar-refractivity contribution in [3.8, 4) is 5.75 Å². The van der Waals surface area contributed by atoms with Crippen molar-refractivity contribution in [3.05, 3.63) is 64.9 Å². The van der Waals surface area contributed by atoms with Crippen molar-refractivity contribution in [2.75, 3.05) is 52.2 Å². The standard InChI is InChI=1S/C25H31NO5S3/c1-26(25(27)30-19-34-33-18-16-29-15-14-28-2)13-12-23(24-11-6-17-32-24)31-22-10-5-8-20-7-3-4-9-21(20)22/h3-11,17,23H,12-16,18-19H2,1-2H3. The molecule has 1 heterocycles. The molecule has 34 heavy (non-hydrogen) atoms. The first-order valence-electron chi connectivity index (χ1n) is 11.1. The number of amides is 1. The van der Waals surface area contributed by atoms with Gasteiger partial charge in [-0.3, -0.25) is 0 Å². The third-order valence-corrected chi connectivity index (χ3v) is 7.94. The molecule has 1 atom stereocenters. The summed E-state index contributed by atoms with van der Waals surface area (Å²) in [6.45, 7) is 2.37. The van der Waals surface area contributed by atoms with Crippen LogP contribution in [0, 0.1) is 0 Å². The Hall–Kier alpha value is -1.91. The molecule has 3 rings (SSSR count). The largest absolute Gasteiger partial charge is 0.484 e. The fourth-order valence-electron chi connectivity index (χ4n) is 3.20. The molecule has 1 unspecified atom stereocenters. The van der Waals surface area contributed by atoms with Crippen LogP contribution in [-0.4, -0.2) is 63.2 Å². The maximum atomic E-state index is 12.4. The molecule has 0 aliphatic heterocycles. The van der Waals surface area contributed by atoms with Crippen molar-refractivity contribution in [1.82, 2.24) is 4.90 Å². The van der Waals surface area contributed by atoms with E-state index in [0.717, 1.165) is 27.2 Å². The molecule has 0 spiro atoms. The van der Waals surface area contributed by atoms with E-state index in [2.05, 4.69) is 24.3 Å². The van der Waals surface area contributed by atoms with E-state index in [9.17, 15) is 4.79 Å². The Labute approximate surface area is 213 Å². The highest BCUT2D eigenvalue weighted by molar-refractivity contribution is 8.76. The minimum absolute atomic E-state index is 0.149. The third kappa shape index (κ3) is 8.70. The van der Waals surface area contributed by atoms with Crippen molar-refractivity contribution in [1.29, 1.82) is 0 Å². The van der Waals surface area contributed by atoms with E-state index in [1.807, 2.05) is 35.7 Å². The molecule has 0 saturated carbocycles. The lowest BCUT2D eigenvalue weighted by Crippen LogP contribution is -2.29. The summed E-state index contributed by atoms with van der Waals surface area (Å²) in [5.41, 5.74) is 0. The highest BCUT2D eigenvalue weighted by atomic mass is 33.1. The van der Waals surface area contributed by atoms with Crippen LogP contribution in [0.4, 0.5) is 4.79 Å². The molecule has 0 aliphatic rings. The van der Waals surface area contributed by atoms with Crippen LogP contribution in [0.3, 0.4) is 0 Å². The number of thiophene rings is 1. The second-order valence-electron chi connectivity index (χ2n) is 7.38. The van der Waals surface area contributed by atoms with Gasteiger partial charge >= 0.3 is 6.09 Å².